The summed E-state index contributed by atoms with van der Waals surface area (Å²) in [4.78, 5) is 25.1. The van der Waals surface area contributed by atoms with Crippen LogP contribution in [0.2, 0.25) is 0 Å². The van der Waals surface area contributed by atoms with Crippen molar-refractivity contribution in [2.45, 2.75) is 6.92 Å². The van der Waals surface area contributed by atoms with E-state index in [0.717, 1.165) is 63.4 Å². The lowest BCUT2D eigenvalue weighted by Crippen LogP contribution is -2.47. The van der Waals surface area contributed by atoms with Crippen molar-refractivity contribution < 1.29 is 0 Å². The highest BCUT2D eigenvalue weighted by atomic mass is 79.9. The molecule has 0 spiro atoms. The summed E-state index contributed by atoms with van der Waals surface area (Å²) < 4.78 is 0.948. The van der Waals surface area contributed by atoms with Crippen molar-refractivity contribution in [3.8, 4) is 0 Å². The van der Waals surface area contributed by atoms with Gasteiger partial charge in [-0.3, -0.25) is 9.97 Å². The van der Waals surface area contributed by atoms with Gasteiger partial charge in [-0.05, 0) is 41.1 Å². The number of hydrogen-bond donors (Lipinski definition) is 0. The average Bonchev–Trinajstić information content (AvgIpc) is 3.07. The number of pyridine rings is 2. The number of piperazine rings is 1. The summed E-state index contributed by atoms with van der Waals surface area (Å²) in [5, 5.41) is 1.16. The van der Waals surface area contributed by atoms with Gasteiger partial charge in [-0.1, -0.05) is 0 Å². The van der Waals surface area contributed by atoms with Crippen molar-refractivity contribution in [1.82, 2.24) is 19.9 Å². The van der Waals surface area contributed by atoms with Crippen LogP contribution in [0.1, 0.15) is 4.88 Å². The van der Waals surface area contributed by atoms with Crippen LogP contribution in [0.15, 0.2) is 41.4 Å². The van der Waals surface area contributed by atoms with Gasteiger partial charge < -0.3 is 9.80 Å². The molecular weight excluding hydrogens is 424 g/mol. The van der Waals surface area contributed by atoms with E-state index in [1.165, 1.54) is 4.88 Å². The first-order valence-electron chi connectivity index (χ1n) is 8.80. The minimum atomic E-state index is 0.913. The maximum absolute atomic E-state index is 4.59. The zero-order valence-corrected chi connectivity index (χ0v) is 17.2. The molecule has 1 saturated heterocycles. The fraction of sp³-hybridized carbons (Fsp3) is 0.263. The molecule has 0 aliphatic carbocycles. The molecule has 0 unspecified atom stereocenters. The molecule has 0 radical (unpaired) electrons. The Bertz CT molecular complexity index is 1140. The normalized spacial score (nSPS) is 15.0. The summed E-state index contributed by atoms with van der Waals surface area (Å²) in [7, 11) is 0. The molecule has 1 aliphatic heterocycles. The molecule has 0 atom stereocenters. The van der Waals surface area contributed by atoms with Gasteiger partial charge in [0.1, 0.15) is 22.5 Å². The predicted octanol–water partition coefficient (Wildman–Crippen LogP) is 4.03. The highest BCUT2D eigenvalue weighted by Crippen LogP contribution is 2.31. The first-order valence-corrected chi connectivity index (χ1v) is 10.4. The van der Waals surface area contributed by atoms with Gasteiger partial charge in [0, 0.05) is 47.9 Å². The van der Waals surface area contributed by atoms with Crippen molar-refractivity contribution in [3.63, 3.8) is 0 Å². The third kappa shape index (κ3) is 3.02. The molecule has 0 aromatic carbocycles. The summed E-state index contributed by atoms with van der Waals surface area (Å²) in [5.74, 6) is 1.05. The summed E-state index contributed by atoms with van der Waals surface area (Å²) in [6, 6.07) is 6.27. The Morgan fingerprint density at radius 1 is 1.00 bits per heavy atom. The van der Waals surface area contributed by atoms with E-state index in [4.69, 9.17) is 0 Å². The number of aryl methyl sites for hydroxylation is 1. The van der Waals surface area contributed by atoms with Crippen molar-refractivity contribution in [1.29, 1.82) is 0 Å². The number of aromatic nitrogens is 4. The van der Waals surface area contributed by atoms with Gasteiger partial charge in [0.05, 0.1) is 16.6 Å². The van der Waals surface area contributed by atoms with E-state index < -0.39 is 0 Å². The first-order chi connectivity index (χ1) is 13.2. The maximum atomic E-state index is 4.59. The molecule has 0 amide bonds. The number of anilines is 2. The summed E-state index contributed by atoms with van der Waals surface area (Å²) in [5.41, 5.74) is 3.01. The molecule has 0 bridgehead atoms. The molecule has 5 rings (SSSR count). The van der Waals surface area contributed by atoms with Gasteiger partial charge in [0.15, 0.2) is 0 Å². The topological polar surface area (TPSA) is 58.0 Å². The Balaban J connectivity index is 1.42. The maximum Gasteiger partial charge on any atom is 0.140 e. The fourth-order valence-electron chi connectivity index (χ4n) is 3.62. The van der Waals surface area contributed by atoms with E-state index in [0.29, 0.717) is 0 Å². The van der Waals surface area contributed by atoms with E-state index in [2.05, 4.69) is 64.7 Å². The first kappa shape index (κ1) is 16.8. The lowest BCUT2D eigenvalue weighted by molar-refractivity contribution is 0.650. The molecule has 1 aliphatic rings. The van der Waals surface area contributed by atoms with E-state index in [-0.39, 0.29) is 0 Å². The molecule has 1 fully saturated rings. The minimum absolute atomic E-state index is 0.913. The fourth-order valence-corrected chi connectivity index (χ4v) is 4.78. The summed E-state index contributed by atoms with van der Waals surface area (Å²) >= 11 is 5.20. The molecule has 27 heavy (non-hydrogen) atoms. The Kier molecular flexibility index (Phi) is 4.17. The number of nitrogens with zero attached hydrogens (tertiary/aromatic N) is 6. The smallest absolute Gasteiger partial charge is 0.140 e. The van der Waals surface area contributed by atoms with Crippen molar-refractivity contribution in [3.05, 3.63) is 46.3 Å². The third-order valence-electron chi connectivity index (χ3n) is 4.87. The van der Waals surface area contributed by atoms with Crippen LogP contribution in [0.5, 0.6) is 0 Å². The molecule has 0 saturated carbocycles. The Hall–Kier alpha value is -2.32. The van der Waals surface area contributed by atoms with Crippen molar-refractivity contribution in [2.24, 2.45) is 0 Å². The number of halogens is 1. The molecule has 6 nitrogen and oxygen atoms in total. The Morgan fingerprint density at radius 3 is 2.67 bits per heavy atom. The molecule has 5 heterocycles. The van der Waals surface area contributed by atoms with Gasteiger partial charge in [0.25, 0.3) is 0 Å². The van der Waals surface area contributed by atoms with E-state index in [1.54, 1.807) is 17.7 Å². The number of rotatable bonds is 2. The summed E-state index contributed by atoms with van der Waals surface area (Å²) in [6.45, 7) is 5.80. The zero-order valence-electron chi connectivity index (χ0n) is 14.8. The lowest BCUT2D eigenvalue weighted by Gasteiger charge is -2.37. The summed E-state index contributed by atoms with van der Waals surface area (Å²) in [6.07, 6.45) is 5.37. The van der Waals surface area contributed by atoms with Crippen LogP contribution in [0.4, 0.5) is 11.5 Å². The van der Waals surface area contributed by atoms with Gasteiger partial charge >= 0.3 is 0 Å². The molecule has 0 N–H and O–H groups in total. The molecule has 4 aromatic rings. The highest BCUT2D eigenvalue weighted by molar-refractivity contribution is 9.10. The molecular formula is C19H17BrN6S. The number of thiophene rings is 1. The standard InChI is InChI=1S/C19H17BrN6S/c1-12-8-14-18(23-11-24-19(14)27-12)26-6-4-25(5-7-26)16-2-3-21-15-9-13(20)10-22-17(15)16/h2-3,8-11H,4-7H2,1H3. The SMILES string of the molecule is Cc1cc2c(N3CCN(c4ccnc5cc(Br)cnc45)CC3)ncnc2s1. The van der Waals surface area contributed by atoms with Crippen LogP contribution in [-0.4, -0.2) is 46.1 Å². The van der Waals surface area contributed by atoms with Crippen molar-refractivity contribution in [2.75, 3.05) is 36.0 Å². The van der Waals surface area contributed by atoms with Gasteiger partial charge in [-0.15, -0.1) is 11.3 Å². The third-order valence-corrected chi connectivity index (χ3v) is 6.27. The van der Waals surface area contributed by atoms with Gasteiger partial charge in [0.2, 0.25) is 0 Å². The Morgan fingerprint density at radius 2 is 1.81 bits per heavy atom. The second-order valence-corrected chi connectivity index (χ2v) is 8.75. The molecule has 4 aromatic heterocycles. The van der Waals surface area contributed by atoms with Crippen LogP contribution >= 0.6 is 27.3 Å². The molecule has 8 heteroatoms. The molecule has 136 valence electrons. The van der Waals surface area contributed by atoms with E-state index in [1.807, 2.05) is 18.5 Å². The Labute approximate surface area is 169 Å². The largest absolute Gasteiger partial charge is 0.366 e. The van der Waals surface area contributed by atoms with Crippen LogP contribution in [0.3, 0.4) is 0 Å². The van der Waals surface area contributed by atoms with Gasteiger partial charge in [-0.25, -0.2) is 9.97 Å². The minimum Gasteiger partial charge on any atom is -0.366 e. The highest BCUT2D eigenvalue weighted by Gasteiger charge is 2.22. The zero-order chi connectivity index (χ0) is 18.4. The average molecular weight is 441 g/mol. The predicted molar refractivity (Wildman–Crippen MR) is 114 cm³/mol. The number of hydrogen-bond acceptors (Lipinski definition) is 7. The van der Waals surface area contributed by atoms with Crippen LogP contribution in [0.25, 0.3) is 21.3 Å². The van der Waals surface area contributed by atoms with Crippen LogP contribution in [0, 0.1) is 6.92 Å². The quantitative estimate of drug-likeness (QED) is 0.468. The van der Waals surface area contributed by atoms with E-state index >= 15 is 0 Å². The van der Waals surface area contributed by atoms with Crippen molar-refractivity contribution >= 4 is 60.0 Å². The lowest BCUT2D eigenvalue weighted by atomic mass is 10.2. The second kappa shape index (κ2) is 6.69. The van der Waals surface area contributed by atoms with Gasteiger partial charge in [-0.2, -0.15) is 0 Å². The monoisotopic (exact) mass is 440 g/mol. The van der Waals surface area contributed by atoms with Crippen LogP contribution in [-0.2, 0) is 0 Å². The second-order valence-electron chi connectivity index (χ2n) is 6.60. The number of fused-ring (bicyclic) bond motifs is 2. The van der Waals surface area contributed by atoms with Crippen LogP contribution < -0.4 is 9.80 Å². The van der Waals surface area contributed by atoms with E-state index in [9.17, 15) is 0 Å².